The van der Waals surface area contributed by atoms with Crippen LogP contribution in [0, 0.1) is 11.3 Å². The molecule has 0 saturated carbocycles. The summed E-state index contributed by atoms with van der Waals surface area (Å²) in [6.07, 6.45) is 2.39. The first-order chi connectivity index (χ1) is 6.02. The van der Waals surface area contributed by atoms with Crippen LogP contribution in [0.4, 0.5) is 0 Å². The van der Waals surface area contributed by atoms with E-state index >= 15 is 0 Å². The van der Waals surface area contributed by atoms with E-state index in [1.807, 2.05) is 0 Å². The van der Waals surface area contributed by atoms with Crippen molar-refractivity contribution in [2.75, 3.05) is 0 Å². The average molecular weight is 182 g/mol. The fourth-order valence-electron chi connectivity index (χ4n) is 1.31. The van der Waals surface area contributed by atoms with Gasteiger partial charge in [-0.15, -0.1) is 0 Å². The molecule has 0 aliphatic carbocycles. The first-order valence-electron chi connectivity index (χ1n) is 5.02. The zero-order chi connectivity index (χ0) is 10.4. The fraction of sp³-hybridized carbons (Fsp3) is 0.727. The van der Waals surface area contributed by atoms with Gasteiger partial charge in [0.2, 0.25) is 0 Å². The van der Waals surface area contributed by atoms with Crippen LogP contribution in [0.15, 0.2) is 11.3 Å². The molecule has 0 heterocycles. The highest BCUT2D eigenvalue weighted by Gasteiger charge is 2.08. The summed E-state index contributed by atoms with van der Waals surface area (Å²) < 4.78 is 0. The van der Waals surface area contributed by atoms with Gasteiger partial charge in [0.25, 0.3) is 0 Å². The van der Waals surface area contributed by atoms with E-state index in [-0.39, 0.29) is 0 Å². The minimum atomic E-state index is 0.443. The van der Waals surface area contributed by atoms with Gasteiger partial charge in [0.15, 0.2) is 0 Å². The lowest BCUT2D eigenvalue weighted by Crippen LogP contribution is -2.26. The Balaban J connectivity index is 4.74. The number of hydrogen-bond donors (Lipinski definition) is 2. The quantitative estimate of drug-likeness (QED) is 0.630. The molecule has 76 valence electrons. The molecule has 0 aromatic heterocycles. The fourth-order valence-corrected chi connectivity index (χ4v) is 1.31. The van der Waals surface area contributed by atoms with Gasteiger partial charge in [-0.2, -0.15) is 0 Å². The predicted molar refractivity (Wildman–Crippen MR) is 59.2 cm³/mol. The van der Waals surface area contributed by atoms with Crippen LogP contribution in [0.1, 0.15) is 41.0 Å². The second-order valence-corrected chi connectivity index (χ2v) is 3.89. The van der Waals surface area contributed by atoms with Crippen LogP contribution in [-0.4, -0.2) is 12.3 Å². The molecule has 0 aliphatic heterocycles. The average Bonchev–Trinajstić information content (AvgIpc) is 2.04. The molecule has 0 unspecified atom stereocenters. The topological polar surface area (TPSA) is 35.9 Å². The van der Waals surface area contributed by atoms with E-state index in [1.165, 1.54) is 11.9 Å². The molecule has 0 radical (unpaired) electrons. The van der Waals surface area contributed by atoms with Crippen molar-refractivity contribution in [1.82, 2.24) is 5.32 Å². The number of rotatable bonds is 5. The highest BCUT2D eigenvalue weighted by atomic mass is 14.9. The maximum atomic E-state index is 7.31. The summed E-state index contributed by atoms with van der Waals surface area (Å²) in [6.45, 7) is 10.7. The maximum Gasteiger partial charge on any atom is 0.0227 e. The lowest BCUT2D eigenvalue weighted by molar-refractivity contribution is 0.582. The molecule has 0 aromatic rings. The van der Waals surface area contributed by atoms with Gasteiger partial charge in [0, 0.05) is 18.0 Å². The third-order valence-corrected chi connectivity index (χ3v) is 1.92. The van der Waals surface area contributed by atoms with Gasteiger partial charge in [0.1, 0.15) is 0 Å². The van der Waals surface area contributed by atoms with Crippen molar-refractivity contribution < 1.29 is 0 Å². The second kappa shape index (κ2) is 5.79. The van der Waals surface area contributed by atoms with Gasteiger partial charge in [-0.05, 0) is 31.8 Å². The molecule has 2 heteroatoms. The van der Waals surface area contributed by atoms with E-state index in [1.54, 1.807) is 0 Å². The molecular weight excluding hydrogens is 160 g/mol. The molecule has 0 fully saturated rings. The Labute approximate surface area is 81.9 Å². The second-order valence-electron chi connectivity index (χ2n) is 3.89. The van der Waals surface area contributed by atoms with Gasteiger partial charge < -0.3 is 10.7 Å². The molecule has 0 amide bonds. The first kappa shape index (κ1) is 12.2. The molecule has 13 heavy (non-hydrogen) atoms. The smallest absolute Gasteiger partial charge is 0.0227 e. The Hall–Kier alpha value is -0.790. The van der Waals surface area contributed by atoms with Gasteiger partial charge in [-0.25, -0.2) is 0 Å². The maximum absolute atomic E-state index is 7.31. The number of nitrogens with one attached hydrogen (secondary N) is 2. The van der Waals surface area contributed by atoms with Crippen molar-refractivity contribution >= 4 is 6.21 Å². The van der Waals surface area contributed by atoms with E-state index in [0.717, 1.165) is 12.0 Å². The van der Waals surface area contributed by atoms with Crippen molar-refractivity contribution in [2.45, 2.75) is 47.1 Å². The van der Waals surface area contributed by atoms with Crippen molar-refractivity contribution in [3.8, 4) is 0 Å². The summed E-state index contributed by atoms with van der Waals surface area (Å²) in [5.41, 5.74) is 2.33. The largest absolute Gasteiger partial charge is 0.386 e. The van der Waals surface area contributed by atoms with Crippen molar-refractivity contribution in [1.29, 1.82) is 5.41 Å². The van der Waals surface area contributed by atoms with Crippen molar-refractivity contribution in [3.05, 3.63) is 11.3 Å². The molecule has 0 rings (SSSR count). The lowest BCUT2D eigenvalue weighted by atomic mass is 10.0. The van der Waals surface area contributed by atoms with Crippen molar-refractivity contribution in [2.24, 2.45) is 5.92 Å². The minimum absolute atomic E-state index is 0.443. The zero-order valence-corrected chi connectivity index (χ0v) is 9.44. The molecule has 0 spiro atoms. The lowest BCUT2D eigenvalue weighted by Gasteiger charge is -2.20. The summed E-state index contributed by atoms with van der Waals surface area (Å²) in [4.78, 5) is 0. The van der Waals surface area contributed by atoms with Crippen LogP contribution in [-0.2, 0) is 0 Å². The van der Waals surface area contributed by atoms with E-state index in [9.17, 15) is 0 Å². The minimum Gasteiger partial charge on any atom is -0.386 e. The van der Waals surface area contributed by atoms with Gasteiger partial charge in [-0.3, -0.25) is 0 Å². The van der Waals surface area contributed by atoms with Crippen LogP contribution in [0.25, 0.3) is 0 Å². The Bertz CT molecular complexity index is 190. The van der Waals surface area contributed by atoms with Crippen LogP contribution in [0.2, 0.25) is 0 Å². The summed E-state index contributed by atoms with van der Waals surface area (Å²) >= 11 is 0. The third kappa shape index (κ3) is 4.11. The summed E-state index contributed by atoms with van der Waals surface area (Å²) in [5.74, 6) is 0.471. The van der Waals surface area contributed by atoms with Gasteiger partial charge in [-0.1, -0.05) is 20.8 Å². The molecule has 0 saturated heterocycles. The van der Waals surface area contributed by atoms with E-state index in [0.29, 0.717) is 12.0 Å². The highest BCUT2D eigenvalue weighted by molar-refractivity contribution is 5.76. The molecular formula is C11H22N2. The van der Waals surface area contributed by atoms with Crippen LogP contribution in [0.3, 0.4) is 0 Å². The van der Waals surface area contributed by atoms with E-state index < -0.39 is 0 Å². The first-order valence-corrected chi connectivity index (χ1v) is 5.02. The summed E-state index contributed by atoms with van der Waals surface area (Å²) in [5, 5.41) is 10.7. The Morgan fingerprint density at radius 1 is 1.31 bits per heavy atom. The van der Waals surface area contributed by atoms with Crippen LogP contribution < -0.4 is 5.32 Å². The SMILES string of the molecule is CC/C(C=N)=C(/NC(C)C)C(C)C. The number of allylic oxidation sites excluding steroid dienone is 2. The molecule has 0 aromatic carbocycles. The normalized spacial score (nSPS) is 13.2. The Morgan fingerprint density at radius 3 is 2.08 bits per heavy atom. The highest BCUT2D eigenvalue weighted by Crippen LogP contribution is 2.13. The summed E-state index contributed by atoms with van der Waals surface area (Å²) in [7, 11) is 0. The Kier molecular flexibility index (Phi) is 5.44. The van der Waals surface area contributed by atoms with E-state index in [4.69, 9.17) is 5.41 Å². The van der Waals surface area contributed by atoms with Crippen LogP contribution in [0.5, 0.6) is 0 Å². The third-order valence-electron chi connectivity index (χ3n) is 1.92. The Morgan fingerprint density at radius 2 is 1.85 bits per heavy atom. The summed E-state index contributed by atoms with van der Waals surface area (Å²) in [6, 6.07) is 0.443. The molecule has 2 N–H and O–H groups in total. The zero-order valence-electron chi connectivity index (χ0n) is 9.44. The van der Waals surface area contributed by atoms with E-state index in [2.05, 4.69) is 39.9 Å². The molecule has 2 nitrogen and oxygen atoms in total. The van der Waals surface area contributed by atoms with Gasteiger partial charge >= 0.3 is 0 Å². The standard InChI is InChI=1S/C11H22N2/c1-6-10(7-12)11(8(2)3)13-9(4)5/h7-9,12-13H,6H2,1-5H3/b11-10-,12-7?. The van der Waals surface area contributed by atoms with Crippen molar-refractivity contribution in [3.63, 3.8) is 0 Å². The molecule has 0 aliphatic rings. The van der Waals surface area contributed by atoms with Crippen LogP contribution >= 0.6 is 0 Å². The van der Waals surface area contributed by atoms with Gasteiger partial charge in [0.05, 0.1) is 0 Å². The number of hydrogen-bond acceptors (Lipinski definition) is 2. The molecule has 0 atom stereocenters. The molecule has 0 bridgehead atoms. The predicted octanol–water partition coefficient (Wildman–Crippen LogP) is 2.95. The monoisotopic (exact) mass is 182 g/mol.